The number of alkyl carbamates (subject to hydrolysis) is 1. The van der Waals surface area contributed by atoms with Gasteiger partial charge in [0.2, 0.25) is 11.8 Å². The molecule has 1 aliphatic carbocycles. The summed E-state index contributed by atoms with van der Waals surface area (Å²) < 4.78 is 45.5. The van der Waals surface area contributed by atoms with Gasteiger partial charge in [-0.1, -0.05) is 63.4 Å². The van der Waals surface area contributed by atoms with Crippen molar-refractivity contribution in [3.8, 4) is 28.7 Å². The number of hydrogen-bond acceptors (Lipinski definition) is 17. The van der Waals surface area contributed by atoms with Gasteiger partial charge in [-0.3, -0.25) is 19.2 Å². The lowest BCUT2D eigenvalue weighted by atomic mass is 10.0. The van der Waals surface area contributed by atoms with Crippen molar-refractivity contribution in [1.82, 2.24) is 20.4 Å². The van der Waals surface area contributed by atoms with Crippen LogP contribution in [0, 0.1) is 11.3 Å². The Bertz CT molecular complexity index is 3290. The lowest BCUT2D eigenvalue weighted by Gasteiger charge is -2.31. The number of anilines is 3. The Labute approximate surface area is 497 Å². The highest BCUT2D eigenvalue weighted by molar-refractivity contribution is 6.08. The molecule has 24 heteroatoms. The smallest absolute Gasteiger partial charge is 0.416 e. The molecular formula is C62H71N7O17. The first-order chi connectivity index (χ1) is 41.3. The van der Waals surface area contributed by atoms with Gasteiger partial charge in [0, 0.05) is 37.0 Å². The third kappa shape index (κ3) is 13.0. The Morgan fingerprint density at radius 3 is 1.85 bits per heavy atom. The van der Waals surface area contributed by atoms with Crippen molar-refractivity contribution < 1.29 is 81.7 Å². The van der Waals surface area contributed by atoms with E-state index >= 15 is 0 Å². The molecule has 6 atom stereocenters. The van der Waals surface area contributed by atoms with E-state index in [0.29, 0.717) is 30.0 Å². The van der Waals surface area contributed by atoms with Crippen LogP contribution in [0.2, 0.25) is 0 Å². The zero-order valence-corrected chi connectivity index (χ0v) is 48.7. The van der Waals surface area contributed by atoms with Gasteiger partial charge in [0.15, 0.2) is 35.5 Å². The average molecular weight is 1190 g/mol. The molecule has 24 nitrogen and oxygen atoms in total. The maximum absolute atomic E-state index is 14.5. The fraction of sp³-hybridized carbons (Fsp3) is 0.403. The molecule has 1 saturated heterocycles. The number of carbonyl (C=O) groups excluding carboxylic acids is 7. The van der Waals surface area contributed by atoms with Crippen LogP contribution in [0.15, 0.2) is 104 Å². The first kappa shape index (κ1) is 61.3. The summed E-state index contributed by atoms with van der Waals surface area (Å²) in [5.74, 6) is -1.11. The van der Waals surface area contributed by atoms with Crippen LogP contribution in [0.3, 0.4) is 0 Å². The first-order valence-electron chi connectivity index (χ1n) is 28.1. The van der Waals surface area contributed by atoms with Crippen molar-refractivity contribution in [1.29, 1.82) is 0 Å². The van der Waals surface area contributed by atoms with Crippen molar-refractivity contribution in [3.05, 3.63) is 127 Å². The highest BCUT2D eigenvalue weighted by Crippen LogP contribution is 2.57. The molecule has 0 radical (unpaired) electrons. The molecule has 0 aromatic heterocycles. The Morgan fingerprint density at radius 1 is 0.698 bits per heavy atom. The monoisotopic (exact) mass is 1190 g/mol. The third-order valence-electron chi connectivity index (χ3n) is 15.7. The topological polar surface area (TPSA) is 283 Å². The number of amides is 7. The van der Waals surface area contributed by atoms with Crippen LogP contribution in [0.1, 0.15) is 84.7 Å². The van der Waals surface area contributed by atoms with Crippen LogP contribution >= 0.6 is 0 Å². The molecular weight excluding hydrogens is 1110 g/mol. The number of benzene rings is 4. The fourth-order valence-corrected chi connectivity index (χ4v) is 10.9. The van der Waals surface area contributed by atoms with Crippen LogP contribution in [0.5, 0.6) is 28.7 Å². The lowest BCUT2D eigenvalue weighted by molar-refractivity contribution is -0.128. The number of fused-ring (bicyclic) bond motifs is 4. The van der Waals surface area contributed by atoms with Gasteiger partial charge in [-0.15, -0.1) is 0 Å². The van der Waals surface area contributed by atoms with Crippen LogP contribution in [0.4, 0.5) is 31.4 Å². The summed E-state index contributed by atoms with van der Waals surface area (Å²) in [4.78, 5) is 101. The number of aliphatic hydroxyl groups is 2. The summed E-state index contributed by atoms with van der Waals surface area (Å²) in [7, 11) is 4.37. The maximum atomic E-state index is 14.5. The minimum Gasteiger partial charge on any atom is -0.497 e. The van der Waals surface area contributed by atoms with Gasteiger partial charge in [0.1, 0.15) is 37.7 Å². The van der Waals surface area contributed by atoms with Gasteiger partial charge in [-0.2, -0.15) is 0 Å². The molecule has 1 saturated carbocycles. The van der Waals surface area contributed by atoms with Crippen LogP contribution < -0.4 is 49.4 Å². The first-order valence-corrected chi connectivity index (χ1v) is 28.1. The average Bonchev–Trinajstić information content (AvgIpc) is 1.71. The van der Waals surface area contributed by atoms with E-state index in [4.69, 9.17) is 37.9 Å². The number of aliphatic hydroxyl groups excluding tert-OH is 2. The Hall–Kier alpha value is -9.29. The fourth-order valence-electron chi connectivity index (χ4n) is 10.9. The molecule has 86 heavy (non-hydrogen) atoms. The van der Waals surface area contributed by atoms with Crippen molar-refractivity contribution in [2.24, 2.45) is 11.3 Å². The number of rotatable bonds is 22. The molecule has 4 aliphatic heterocycles. The molecule has 5 aliphatic rings. The maximum Gasteiger partial charge on any atom is 0.416 e. The molecule has 0 bridgehead atoms. The van der Waals surface area contributed by atoms with E-state index in [1.54, 1.807) is 68.5 Å². The van der Waals surface area contributed by atoms with Crippen LogP contribution in [0.25, 0.3) is 5.57 Å². The molecule has 456 valence electrons. The molecule has 9 rings (SSSR count). The van der Waals surface area contributed by atoms with Gasteiger partial charge in [0.25, 0.3) is 11.8 Å². The number of nitrogens with one attached hydrogen (secondary N) is 3. The van der Waals surface area contributed by atoms with Gasteiger partial charge < -0.3 is 73.9 Å². The highest BCUT2D eigenvalue weighted by Gasteiger charge is 2.58. The van der Waals surface area contributed by atoms with Gasteiger partial charge in [-0.25, -0.2) is 24.2 Å². The second kappa shape index (κ2) is 26.3. The predicted molar refractivity (Wildman–Crippen MR) is 313 cm³/mol. The molecule has 4 aromatic carbocycles. The van der Waals surface area contributed by atoms with E-state index in [1.807, 2.05) is 12.1 Å². The van der Waals surface area contributed by atoms with E-state index in [9.17, 15) is 43.8 Å². The van der Waals surface area contributed by atoms with E-state index in [2.05, 4.69) is 29.1 Å². The van der Waals surface area contributed by atoms with Gasteiger partial charge in [-0.05, 0) is 97.0 Å². The molecule has 4 unspecified atom stereocenters. The van der Waals surface area contributed by atoms with Gasteiger partial charge in [0.05, 0.1) is 69.1 Å². The number of hydrogen-bond donors (Lipinski definition) is 5. The minimum absolute atomic E-state index is 0.00424. The van der Waals surface area contributed by atoms with Crippen LogP contribution in [-0.2, 0) is 30.4 Å². The Balaban J connectivity index is 0.878. The van der Waals surface area contributed by atoms with E-state index in [-0.39, 0.29) is 103 Å². The Morgan fingerprint density at radius 2 is 1.28 bits per heavy atom. The quantitative estimate of drug-likeness (QED) is 0.0297. The summed E-state index contributed by atoms with van der Waals surface area (Å²) in [6, 6.07) is 15.9. The molecule has 4 heterocycles. The highest BCUT2D eigenvalue weighted by atomic mass is 16.6. The predicted octanol–water partition coefficient (Wildman–Crippen LogP) is 7.13. The van der Waals surface area contributed by atoms with E-state index in [1.165, 1.54) is 62.5 Å². The van der Waals surface area contributed by atoms with Crippen molar-refractivity contribution >= 4 is 64.5 Å². The second-order valence-corrected chi connectivity index (χ2v) is 21.8. The number of nitrogens with zero attached hydrogens (tertiary/aromatic N) is 4. The Kier molecular flexibility index (Phi) is 18.8. The normalized spacial score (nSPS) is 19.4. The summed E-state index contributed by atoms with van der Waals surface area (Å²) in [6.07, 6.45) is 1.33. The van der Waals surface area contributed by atoms with Crippen molar-refractivity contribution in [3.63, 3.8) is 0 Å². The van der Waals surface area contributed by atoms with E-state index in [0.717, 1.165) is 33.8 Å². The number of methoxy groups -OCH3 is 3. The number of ether oxygens (including phenoxy) is 8. The summed E-state index contributed by atoms with van der Waals surface area (Å²) in [5.41, 5.74) is 2.45. The van der Waals surface area contributed by atoms with Crippen LogP contribution in [-0.4, -0.2) is 153 Å². The number of carbonyl (C=O) groups is 7. The molecule has 4 aromatic rings. The van der Waals surface area contributed by atoms with Crippen molar-refractivity contribution in [2.45, 2.75) is 96.1 Å². The van der Waals surface area contributed by atoms with Gasteiger partial charge >= 0.3 is 18.3 Å². The molecule has 2 fully saturated rings. The summed E-state index contributed by atoms with van der Waals surface area (Å²) >= 11 is 0. The van der Waals surface area contributed by atoms with E-state index < -0.39 is 78.5 Å². The zero-order chi connectivity index (χ0) is 61.6. The largest absolute Gasteiger partial charge is 0.497 e. The molecule has 5 N–H and O–H groups in total. The van der Waals surface area contributed by atoms with Crippen molar-refractivity contribution in [2.75, 3.05) is 69.4 Å². The zero-order valence-electron chi connectivity index (χ0n) is 48.7. The second-order valence-electron chi connectivity index (χ2n) is 21.8. The summed E-state index contributed by atoms with van der Waals surface area (Å²) in [6.45, 7) is 12.0. The SMILES string of the molecule is C=CCOC(=O)NC(C(=O)NC(C)C(=O)Nc1ccc(COC(=O)N2c3cc(OCCCOc4cc5c(cc4OC)C(=O)N4C=C(c6ccc(OC)cc6)C[C@H]4C(O)N5C(=O)OCC=C)c(OC)cc3C(=O)N3CC4(CC4)C[C@H]3C2O)cc1)C(C)C. The lowest BCUT2D eigenvalue weighted by Crippen LogP contribution is -2.53. The standard InChI is InChI=1S/C62H71N7O17/c1-9-22-84-59(76)65-52(35(3)4)54(71)63-36(5)53(70)64-40-16-12-37(13-17-40)33-86-61(78)69-45-30-51(49(81-8)28-43(45)56(73)67-34-62(20-21-62)31-47(67)58(69)75)83-25-11-24-82-50-29-44-42(27-48(50)80-7)55(72)66-32-39(38-14-18-41(79-6)19-15-38)26-46(66)57(74)68(44)60(77)85-23-10-2/h9-10,12-19,27-30,32,35-36,46-47,52,57-58,74-75H,1-2,11,20-26,31,33-34H2,3-8H3,(H,63,71)(H,64,70)(H,65,76)/t36?,46-,47-,52?,57?,58?/m0/s1. The molecule has 1 spiro atoms. The minimum atomic E-state index is -1.56. The third-order valence-corrected chi connectivity index (χ3v) is 15.7. The summed E-state index contributed by atoms with van der Waals surface area (Å²) in [5, 5.41) is 32.0. The molecule has 7 amide bonds.